The molecule has 148 valence electrons. The van der Waals surface area contributed by atoms with Gasteiger partial charge in [-0.25, -0.2) is 0 Å². The van der Waals surface area contributed by atoms with Crippen molar-refractivity contribution >= 4 is 16.1 Å². The van der Waals surface area contributed by atoms with Gasteiger partial charge in [0, 0.05) is 0 Å². The van der Waals surface area contributed by atoms with E-state index in [0.29, 0.717) is 16.6 Å². The maximum atomic E-state index is 10.5. The van der Waals surface area contributed by atoms with E-state index in [9.17, 15) is 5.11 Å². The third-order valence-corrected chi connectivity index (χ3v) is 12.7. The van der Waals surface area contributed by atoms with E-state index in [1.807, 2.05) is 30.3 Å². The van der Waals surface area contributed by atoms with Gasteiger partial charge < -0.3 is 5.11 Å². The molecule has 1 aromatic rings. The molecule has 3 heteroatoms. The first-order chi connectivity index (χ1) is 12.4. The van der Waals surface area contributed by atoms with Gasteiger partial charge in [-0.1, -0.05) is 103 Å². The van der Waals surface area contributed by atoms with Gasteiger partial charge in [0.1, 0.15) is 21.6 Å². The molecule has 0 radical (unpaired) electrons. The zero-order chi connectivity index (χ0) is 20.9. The van der Waals surface area contributed by atoms with E-state index >= 15 is 0 Å². The summed E-state index contributed by atoms with van der Waals surface area (Å²) in [6.45, 7) is 20.5. The summed E-state index contributed by atoms with van der Waals surface area (Å²) in [5.74, 6) is 7.01. The van der Waals surface area contributed by atoms with Gasteiger partial charge in [0.25, 0.3) is 0 Å². The van der Waals surface area contributed by atoms with Gasteiger partial charge in [-0.05, 0) is 22.2 Å². The highest BCUT2D eigenvalue weighted by Gasteiger charge is 2.42. The van der Waals surface area contributed by atoms with Crippen molar-refractivity contribution < 1.29 is 5.11 Å². The third-order valence-electron chi connectivity index (χ3n) is 5.51. The number of aliphatic hydroxyl groups is 1. The predicted octanol–water partition coefficient (Wildman–Crippen LogP) is 6.02. The van der Waals surface area contributed by atoms with Crippen LogP contribution in [0.15, 0.2) is 30.3 Å². The zero-order valence-electron chi connectivity index (χ0n) is 18.8. The minimum absolute atomic E-state index is 0.0692. The lowest BCUT2D eigenvalue weighted by Crippen LogP contribution is -2.44. The van der Waals surface area contributed by atoms with Crippen LogP contribution in [0, 0.1) is 22.9 Å². The molecule has 0 saturated carbocycles. The van der Waals surface area contributed by atoms with Gasteiger partial charge in [-0.3, -0.25) is 0 Å². The maximum absolute atomic E-state index is 10.5. The largest absolute Gasteiger partial charge is 0.393 e. The zero-order valence-corrected chi connectivity index (χ0v) is 20.8. The molecule has 0 saturated heterocycles. The molecular weight excluding hydrogens is 360 g/mol. The van der Waals surface area contributed by atoms with Crippen LogP contribution >= 0.6 is 0 Å². The van der Waals surface area contributed by atoms with Crippen molar-refractivity contribution in [2.24, 2.45) is 0 Å². The Kier molecular flexibility index (Phi) is 8.18. The fourth-order valence-electron chi connectivity index (χ4n) is 4.01. The van der Waals surface area contributed by atoms with Gasteiger partial charge >= 0.3 is 0 Å². The summed E-state index contributed by atoms with van der Waals surface area (Å²) in [4.78, 5) is 0. The second kappa shape index (κ2) is 9.29. The van der Waals surface area contributed by atoms with E-state index in [1.54, 1.807) is 0 Å². The highest BCUT2D eigenvalue weighted by Crippen LogP contribution is 2.41. The fraction of sp³-hybridized carbons (Fsp3) is 0.583. The van der Waals surface area contributed by atoms with Crippen molar-refractivity contribution in [2.45, 2.75) is 83.2 Å². The second-order valence-electron chi connectivity index (χ2n) is 9.58. The Hall–Kier alpha value is -1.27. The summed E-state index contributed by atoms with van der Waals surface area (Å²) in [7, 11) is -3.48. The van der Waals surface area contributed by atoms with Crippen molar-refractivity contribution in [1.82, 2.24) is 0 Å². The lowest BCUT2D eigenvalue weighted by molar-refractivity contribution is 0.260. The number of hydrogen-bond donors (Lipinski definition) is 1. The SMILES string of the molecule is CC(C)[Si](C#C[C@@](C#C[Si](C)(C)C)(CO)c1ccccc1)(C(C)C)C(C)C. The molecule has 0 aliphatic rings. The van der Waals surface area contributed by atoms with E-state index in [4.69, 9.17) is 0 Å². The Labute approximate surface area is 170 Å². The smallest absolute Gasteiger partial charge is 0.146 e. The first kappa shape index (κ1) is 23.8. The van der Waals surface area contributed by atoms with Crippen molar-refractivity contribution in [1.29, 1.82) is 0 Å². The Morgan fingerprint density at radius 1 is 0.815 bits per heavy atom. The molecule has 1 rings (SSSR count). The predicted molar refractivity (Wildman–Crippen MR) is 125 cm³/mol. The lowest BCUT2D eigenvalue weighted by atomic mass is 9.83. The molecule has 1 atom stereocenters. The highest BCUT2D eigenvalue weighted by molar-refractivity contribution is 6.90. The van der Waals surface area contributed by atoms with E-state index in [-0.39, 0.29) is 6.61 Å². The Balaban J connectivity index is 3.72. The van der Waals surface area contributed by atoms with Crippen molar-refractivity contribution in [2.75, 3.05) is 6.61 Å². The molecule has 1 aromatic carbocycles. The summed E-state index contributed by atoms with van der Waals surface area (Å²) < 4.78 is 0. The first-order valence-corrected chi connectivity index (χ1v) is 15.9. The molecule has 0 aliphatic carbocycles. The van der Waals surface area contributed by atoms with E-state index in [1.165, 1.54) is 0 Å². The molecule has 0 amide bonds. The van der Waals surface area contributed by atoms with E-state index in [2.05, 4.69) is 84.1 Å². The lowest BCUT2D eigenvalue weighted by Gasteiger charge is -2.38. The van der Waals surface area contributed by atoms with Gasteiger partial charge in [0.2, 0.25) is 0 Å². The van der Waals surface area contributed by atoms with Crippen LogP contribution in [-0.2, 0) is 5.41 Å². The molecule has 0 heterocycles. The van der Waals surface area contributed by atoms with Gasteiger partial charge in [0.05, 0.1) is 6.61 Å². The summed E-state index contributed by atoms with van der Waals surface area (Å²) in [5, 5.41) is 10.5. The molecule has 0 spiro atoms. The summed E-state index contributed by atoms with van der Waals surface area (Å²) in [6, 6.07) is 10.1. The quantitative estimate of drug-likeness (QED) is 0.475. The van der Waals surface area contributed by atoms with Crippen molar-refractivity contribution in [3.63, 3.8) is 0 Å². The fourth-order valence-corrected chi connectivity index (χ4v) is 9.90. The van der Waals surface area contributed by atoms with Crippen LogP contribution in [0.3, 0.4) is 0 Å². The average Bonchev–Trinajstić information content (AvgIpc) is 2.57. The van der Waals surface area contributed by atoms with Crippen LogP contribution in [0.25, 0.3) is 0 Å². The van der Waals surface area contributed by atoms with Gasteiger partial charge in [-0.2, -0.15) is 0 Å². The molecule has 0 unspecified atom stereocenters. The minimum atomic E-state index is -1.89. The number of hydrogen-bond acceptors (Lipinski definition) is 1. The number of rotatable bonds is 5. The molecule has 27 heavy (non-hydrogen) atoms. The molecule has 0 bridgehead atoms. The highest BCUT2D eigenvalue weighted by atomic mass is 28.3. The first-order valence-electron chi connectivity index (χ1n) is 10.2. The topological polar surface area (TPSA) is 20.2 Å². The summed E-state index contributed by atoms with van der Waals surface area (Å²) in [6.07, 6.45) is 0. The van der Waals surface area contributed by atoms with Crippen LogP contribution in [-0.4, -0.2) is 27.9 Å². The van der Waals surface area contributed by atoms with Crippen molar-refractivity contribution in [3.8, 4) is 22.9 Å². The average molecular weight is 399 g/mol. The van der Waals surface area contributed by atoms with Crippen LogP contribution in [0.5, 0.6) is 0 Å². The monoisotopic (exact) mass is 398 g/mol. The number of benzene rings is 1. The molecule has 0 fully saturated rings. The summed E-state index contributed by atoms with van der Waals surface area (Å²) in [5.41, 5.74) is 9.16. The number of aliphatic hydroxyl groups excluding tert-OH is 1. The van der Waals surface area contributed by atoms with E-state index in [0.717, 1.165) is 5.56 Å². The van der Waals surface area contributed by atoms with E-state index < -0.39 is 21.6 Å². The third kappa shape index (κ3) is 5.61. The van der Waals surface area contributed by atoms with Crippen LogP contribution < -0.4 is 0 Å². The van der Waals surface area contributed by atoms with Gasteiger partial charge in [-0.15, -0.1) is 11.1 Å². The maximum Gasteiger partial charge on any atom is 0.146 e. The second-order valence-corrected chi connectivity index (χ2v) is 19.9. The van der Waals surface area contributed by atoms with Crippen molar-refractivity contribution in [3.05, 3.63) is 35.9 Å². The molecular formula is C24H38OSi2. The van der Waals surface area contributed by atoms with Crippen LogP contribution in [0.2, 0.25) is 36.3 Å². The Morgan fingerprint density at radius 2 is 1.26 bits per heavy atom. The standard InChI is InChI=1S/C24H38OSi2/c1-20(2)27(21(3)4,22(5)6)18-16-24(19-25,15-17-26(7,8)9)23-13-11-10-12-14-23/h10-14,20-22,25H,19H2,1-9H3/t24-/m0/s1. The Bertz CT molecular complexity index is 699. The molecule has 1 nitrogen and oxygen atoms in total. The van der Waals surface area contributed by atoms with Gasteiger partial charge in [0.15, 0.2) is 0 Å². The molecule has 0 aliphatic heterocycles. The minimum Gasteiger partial charge on any atom is -0.393 e. The molecule has 1 N–H and O–H groups in total. The Morgan fingerprint density at radius 3 is 1.63 bits per heavy atom. The van der Waals surface area contributed by atoms with Crippen LogP contribution in [0.4, 0.5) is 0 Å². The summed E-state index contributed by atoms with van der Waals surface area (Å²) >= 11 is 0. The van der Waals surface area contributed by atoms with Crippen LogP contribution in [0.1, 0.15) is 47.1 Å². The molecule has 0 aromatic heterocycles. The normalized spacial score (nSPS) is 14.4.